The van der Waals surface area contributed by atoms with Crippen LogP contribution in [0.1, 0.15) is 69.4 Å². The summed E-state index contributed by atoms with van der Waals surface area (Å²) in [7, 11) is 0. The number of hydrogen-bond acceptors (Lipinski definition) is 2. The molecule has 0 bridgehead atoms. The molecule has 0 aliphatic carbocycles. The summed E-state index contributed by atoms with van der Waals surface area (Å²) in [6.45, 7) is 2.85. The van der Waals surface area contributed by atoms with E-state index < -0.39 is 0 Å². The molecule has 1 aliphatic rings. The van der Waals surface area contributed by atoms with E-state index in [-0.39, 0.29) is 5.91 Å². The van der Waals surface area contributed by atoms with Gasteiger partial charge in [0.2, 0.25) is 0 Å². The number of carbonyl (C=O) groups is 1. The van der Waals surface area contributed by atoms with Gasteiger partial charge in [-0.2, -0.15) is 0 Å². The van der Waals surface area contributed by atoms with Gasteiger partial charge in [0.25, 0.3) is 5.91 Å². The third-order valence-corrected chi connectivity index (χ3v) is 5.43. The van der Waals surface area contributed by atoms with Crippen molar-refractivity contribution >= 4 is 22.8 Å². The fraction of sp³-hybridized carbons (Fsp3) is 0.458. The molecule has 0 aromatic heterocycles. The zero-order chi connectivity index (χ0) is 18.9. The molecule has 3 heteroatoms. The van der Waals surface area contributed by atoms with Crippen molar-refractivity contribution < 1.29 is 4.79 Å². The maximum atomic E-state index is 11.9. The van der Waals surface area contributed by atoms with Crippen LogP contribution in [0.3, 0.4) is 0 Å². The molecule has 0 spiro atoms. The summed E-state index contributed by atoms with van der Waals surface area (Å²) in [5.74, 6) is -0.0208. The maximum absolute atomic E-state index is 11.9. The summed E-state index contributed by atoms with van der Waals surface area (Å²) in [5.41, 5.74) is 8.91. The lowest BCUT2D eigenvalue weighted by Crippen LogP contribution is -2.25. The number of fused-ring (bicyclic) bond motifs is 1. The van der Waals surface area contributed by atoms with Crippen LogP contribution in [0.5, 0.6) is 0 Å². The monoisotopic (exact) mass is 364 g/mol. The molecule has 1 fully saturated rings. The van der Waals surface area contributed by atoms with E-state index in [0.717, 1.165) is 17.6 Å². The highest BCUT2D eigenvalue weighted by molar-refractivity contribution is 6.03. The van der Waals surface area contributed by atoms with E-state index >= 15 is 0 Å². The molecule has 27 heavy (non-hydrogen) atoms. The number of aryl methyl sites for hydroxylation is 1. The molecular formula is C24H32N2O. The Morgan fingerprint density at radius 2 is 1.63 bits per heavy atom. The molecule has 2 N–H and O–H groups in total. The predicted molar refractivity (Wildman–Crippen MR) is 114 cm³/mol. The molecule has 0 radical (unpaired) electrons. The first-order valence-electron chi connectivity index (χ1n) is 10.5. The SMILES string of the molecule is CCCCCCCCCCc1cccc2cccc(/C=C3\CNNC3=O)c12. The zero-order valence-electron chi connectivity index (χ0n) is 16.5. The third-order valence-electron chi connectivity index (χ3n) is 5.43. The average molecular weight is 365 g/mol. The number of amides is 1. The van der Waals surface area contributed by atoms with Gasteiger partial charge in [-0.1, -0.05) is 88.3 Å². The molecule has 2 aromatic carbocycles. The minimum atomic E-state index is -0.0208. The Bertz CT molecular complexity index is 789. The topological polar surface area (TPSA) is 41.1 Å². The molecule has 0 saturated carbocycles. The van der Waals surface area contributed by atoms with Crippen LogP contribution < -0.4 is 10.9 Å². The van der Waals surface area contributed by atoms with Crippen LogP contribution in [0.15, 0.2) is 42.0 Å². The Balaban J connectivity index is 1.66. The second-order valence-corrected chi connectivity index (χ2v) is 7.56. The van der Waals surface area contributed by atoms with Gasteiger partial charge in [-0.25, -0.2) is 5.43 Å². The number of nitrogens with one attached hydrogen (secondary N) is 2. The van der Waals surface area contributed by atoms with E-state index in [1.54, 1.807) is 0 Å². The minimum absolute atomic E-state index is 0.0208. The molecule has 1 heterocycles. The van der Waals surface area contributed by atoms with E-state index in [2.05, 4.69) is 54.2 Å². The summed E-state index contributed by atoms with van der Waals surface area (Å²) >= 11 is 0. The third kappa shape index (κ3) is 5.43. The highest BCUT2D eigenvalue weighted by Gasteiger charge is 2.16. The number of rotatable bonds is 10. The lowest BCUT2D eigenvalue weighted by Gasteiger charge is -2.10. The normalized spacial score (nSPS) is 15.6. The van der Waals surface area contributed by atoms with E-state index in [1.807, 2.05) is 6.08 Å². The van der Waals surface area contributed by atoms with Crippen LogP contribution in [-0.2, 0) is 11.2 Å². The van der Waals surface area contributed by atoms with Gasteiger partial charge in [0, 0.05) is 12.1 Å². The summed E-state index contributed by atoms with van der Waals surface area (Å²) in [6, 6.07) is 12.9. The summed E-state index contributed by atoms with van der Waals surface area (Å²) < 4.78 is 0. The van der Waals surface area contributed by atoms with E-state index in [4.69, 9.17) is 0 Å². The Morgan fingerprint density at radius 1 is 0.926 bits per heavy atom. The first kappa shape index (κ1) is 19.6. The zero-order valence-corrected chi connectivity index (χ0v) is 16.5. The Kier molecular flexibility index (Phi) is 7.46. The van der Waals surface area contributed by atoms with Crippen molar-refractivity contribution in [3.8, 4) is 0 Å². The molecular weight excluding hydrogens is 332 g/mol. The van der Waals surface area contributed by atoms with E-state index in [0.29, 0.717) is 6.54 Å². The van der Waals surface area contributed by atoms with Crippen LogP contribution in [0, 0.1) is 0 Å². The van der Waals surface area contributed by atoms with E-state index in [1.165, 1.54) is 67.7 Å². The summed E-state index contributed by atoms with van der Waals surface area (Å²) in [5, 5.41) is 2.56. The van der Waals surface area contributed by atoms with Crippen molar-refractivity contribution in [2.24, 2.45) is 0 Å². The number of hydrazine groups is 1. The van der Waals surface area contributed by atoms with Crippen LogP contribution in [0.25, 0.3) is 16.8 Å². The van der Waals surface area contributed by atoms with Crippen LogP contribution >= 0.6 is 0 Å². The molecule has 0 atom stereocenters. The molecule has 144 valence electrons. The maximum Gasteiger partial charge on any atom is 0.262 e. The van der Waals surface area contributed by atoms with Gasteiger partial charge in [-0.15, -0.1) is 0 Å². The first-order chi connectivity index (χ1) is 13.3. The summed E-state index contributed by atoms with van der Waals surface area (Å²) in [4.78, 5) is 11.9. The quantitative estimate of drug-likeness (QED) is 0.429. The number of unbranched alkanes of at least 4 members (excludes halogenated alkanes) is 7. The lowest BCUT2D eigenvalue weighted by atomic mass is 9.94. The second kappa shape index (κ2) is 10.3. The number of carbonyl (C=O) groups excluding carboxylic acids is 1. The molecule has 2 aromatic rings. The predicted octanol–water partition coefficient (Wildman–Crippen LogP) is 5.54. The van der Waals surface area contributed by atoms with Crippen molar-refractivity contribution in [2.45, 2.75) is 64.7 Å². The molecule has 1 amide bonds. The molecule has 0 unspecified atom stereocenters. The van der Waals surface area contributed by atoms with Crippen LogP contribution in [0.2, 0.25) is 0 Å². The van der Waals surface area contributed by atoms with Gasteiger partial charge in [0.05, 0.1) is 0 Å². The van der Waals surface area contributed by atoms with Gasteiger partial charge in [-0.05, 0) is 40.8 Å². The number of hydrogen-bond donors (Lipinski definition) is 2. The molecule has 3 rings (SSSR count). The first-order valence-corrected chi connectivity index (χ1v) is 10.5. The van der Waals surface area contributed by atoms with Gasteiger partial charge < -0.3 is 0 Å². The van der Waals surface area contributed by atoms with Crippen molar-refractivity contribution in [2.75, 3.05) is 6.54 Å². The van der Waals surface area contributed by atoms with Crippen molar-refractivity contribution in [3.63, 3.8) is 0 Å². The standard InChI is InChI=1S/C24H32N2O/c1-2-3-4-5-6-7-8-9-12-19-13-10-14-20-15-11-16-21(23(19)20)17-22-18-25-26-24(22)27/h10-11,13-17,25H,2-9,12,18H2,1H3,(H,26,27)/b22-17+. The number of benzene rings is 2. The van der Waals surface area contributed by atoms with Crippen LogP contribution in [-0.4, -0.2) is 12.5 Å². The Labute approximate surface area is 163 Å². The highest BCUT2D eigenvalue weighted by Crippen LogP contribution is 2.27. The molecule has 3 nitrogen and oxygen atoms in total. The lowest BCUT2D eigenvalue weighted by molar-refractivity contribution is -0.116. The fourth-order valence-electron chi connectivity index (χ4n) is 3.91. The van der Waals surface area contributed by atoms with Crippen LogP contribution in [0.4, 0.5) is 0 Å². The largest absolute Gasteiger partial charge is 0.287 e. The fourth-order valence-corrected chi connectivity index (χ4v) is 3.91. The Morgan fingerprint density at radius 3 is 2.33 bits per heavy atom. The smallest absolute Gasteiger partial charge is 0.262 e. The average Bonchev–Trinajstić information content (AvgIpc) is 3.09. The Hall–Kier alpha value is -2.13. The summed E-state index contributed by atoms with van der Waals surface area (Å²) in [6.07, 6.45) is 13.9. The molecule has 1 saturated heterocycles. The minimum Gasteiger partial charge on any atom is -0.287 e. The van der Waals surface area contributed by atoms with Crippen molar-refractivity contribution in [1.29, 1.82) is 0 Å². The van der Waals surface area contributed by atoms with E-state index in [9.17, 15) is 4.79 Å². The van der Waals surface area contributed by atoms with Gasteiger partial charge in [0.15, 0.2) is 0 Å². The second-order valence-electron chi connectivity index (χ2n) is 7.56. The van der Waals surface area contributed by atoms with Gasteiger partial charge in [-0.3, -0.25) is 10.2 Å². The van der Waals surface area contributed by atoms with Gasteiger partial charge in [0.1, 0.15) is 0 Å². The highest BCUT2D eigenvalue weighted by atomic mass is 16.2. The molecule has 1 aliphatic heterocycles. The van der Waals surface area contributed by atoms with Gasteiger partial charge >= 0.3 is 0 Å². The van der Waals surface area contributed by atoms with Crippen molar-refractivity contribution in [3.05, 3.63) is 53.1 Å². The van der Waals surface area contributed by atoms with Crippen molar-refractivity contribution in [1.82, 2.24) is 10.9 Å².